The fourth-order valence-corrected chi connectivity index (χ4v) is 1.77. The summed E-state index contributed by atoms with van der Waals surface area (Å²) in [7, 11) is 0. The van der Waals surface area contributed by atoms with Crippen LogP contribution in [0.3, 0.4) is 0 Å². The summed E-state index contributed by atoms with van der Waals surface area (Å²) < 4.78 is 5.46. The maximum Gasteiger partial charge on any atom is 0.295 e. The van der Waals surface area contributed by atoms with Crippen LogP contribution in [-0.2, 0) is 0 Å². The lowest BCUT2D eigenvalue weighted by molar-refractivity contribution is 0.101. The number of hydrogen-bond donors (Lipinski definition) is 2. The van der Waals surface area contributed by atoms with Crippen LogP contribution in [0.4, 0.5) is 5.69 Å². The monoisotopic (exact) mass is 294 g/mol. The van der Waals surface area contributed by atoms with Gasteiger partial charge < -0.3 is 10.1 Å². The van der Waals surface area contributed by atoms with Crippen molar-refractivity contribution in [3.8, 4) is 5.75 Å². The highest BCUT2D eigenvalue weighted by molar-refractivity contribution is 6.32. The number of benzene rings is 1. The van der Waals surface area contributed by atoms with Gasteiger partial charge in [0.25, 0.3) is 5.91 Å². The first-order valence-corrected chi connectivity index (χ1v) is 6.60. The van der Waals surface area contributed by atoms with Gasteiger partial charge in [-0.15, -0.1) is 5.10 Å². The first kappa shape index (κ1) is 14.3. The fraction of sp³-hybridized carbons (Fsp3) is 0.308. The molecule has 1 heterocycles. The molecule has 0 spiro atoms. The summed E-state index contributed by atoms with van der Waals surface area (Å²) in [6, 6.07) is 5.06. The minimum Gasteiger partial charge on any atom is -0.492 e. The third kappa shape index (κ3) is 3.48. The van der Waals surface area contributed by atoms with Gasteiger partial charge in [-0.1, -0.05) is 18.5 Å². The number of halogens is 1. The Balaban J connectivity index is 2.06. The molecule has 0 aliphatic carbocycles. The predicted octanol–water partition coefficient (Wildman–Crippen LogP) is 2.81. The second-order valence-corrected chi connectivity index (χ2v) is 4.60. The van der Waals surface area contributed by atoms with Crippen LogP contribution in [0.15, 0.2) is 18.2 Å². The molecule has 0 fully saturated rings. The summed E-state index contributed by atoms with van der Waals surface area (Å²) in [5.74, 6) is 0.870. The Hall–Kier alpha value is -2.08. The molecule has 2 rings (SSSR count). The van der Waals surface area contributed by atoms with Gasteiger partial charge in [0.2, 0.25) is 5.82 Å². The molecule has 106 valence electrons. The lowest BCUT2D eigenvalue weighted by Gasteiger charge is -2.09. The third-order valence-electron chi connectivity index (χ3n) is 2.45. The molecule has 2 aromatic rings. The van der Waals surface area contributed by atoms with Crippen molar-refractivity contribution in [2.45, 2.75) is 20.3 Å². The molecule has 7 heteroatoms. The smallest absolute Gasteiger partial charge is 0.295 e. The van der Waals surface area contributed by atoms with Gasteiger partial charge in [0.15, 0.2) is 0 Å². The first-order valence-electron chi connectivity index (χ1n) is 6.23. The number of anilines is 1. The van der Waals surface area contributed by atoms with Crippen LogP contribution >= 0.6 is 11.6 Å². The molecule has 2 N–H and O–H groups in total. The number of carbonyl (C=O) groups excluding carboxylic acids is 1. The number of aryl methyl sites for hydroxylation is 1. The van der Waals surface area contributed by atoms with Gasteiger partial charge in [-0.3, -0.25) is 9.89 Å². The molecule has 1 aromatic heterocycles. The average molecular weight is 295 g/mol. The van der Waals surface area contributed by atoms with Crippen molar-refractivity contribution >= 4 is 23.2 Å². The van der Waals surface area contributed by atoms with Crippen LogP contribution in [0.1, 0.15) is 29.8 Å². The van der Waals surface area contributed by atoms with Gasteiger partial charge in [-0.25, -0.2) is 4.98 Å². The second-order valence-electron chi connectivity index (χ2n) is 4.19. The number of hydrogen-bond acceptors (Lipinski definition) is 4. The Labute approximate surface area is 121 Å². The molecule has 0 saturated carbocycles. The van der Waals surface area contributed by atoms with Crippen LogP contribution in [0, 0.1) is 6.92 Å². The summed E-state index contributed by atoms with van der Waals surface area (Å²) in [5.41, 5.74) is 0.561. The number of aromatic amines is 1. The van der Waals surface area contributed by atoms with Crippen LogP contribution < -0.4 is 10.1 Å². The number of aromatic nitrogens is 3. The van der Waals surface area contributed by atoms with Crippen molar-refractivity contribution in [3.63, 3.8) is 0 Å². The molecule has 0 saturated heterocycles. The molecule has 0 unspecified atom stereocenters. The Morgan fingerprint density at radius 2 is 2.30 bits per heavy atom. The Kier molecular flexibility index (Phi) is 4.57. The normalized spacial score (nSPS) is 10.3. The number of carbonyl (C=O) groups is 1. The standard InChI is InChI=1S/C13H15ClN4O2/c1-3-6-20-11-5-4-9(7-10(11)14)16-13(19)12-15-8(2)17-18-12/h4-5,7H,3,6H2,1-2H3,(H,16,19)(H,15,17,18). The topological polar surface area (TPSA) is 79.9 Å². The van der Waals surface area contributed by atoms with E-state index in [0.29, 0.717) is 28.9 Å². The third-order valence-corrected chi connectivity index (χ3v) is 2.75. The highest BCUT2D eigenvalue weighted by Gasteiger charge is 2.12. The molecule has 0 aliphatic rings. The van der Waals surface area contributed by atoms with Crippen molar-refractivity contribution < 1.29 is 9.53 Å². The number of ether oxygens (including phenoxy) is 1. The molecular weight excluding hydrogens is 280 g/mol. The summed E-state index contributed by atoms with van der Waals surface area (Å²) in [6.45, 7) is 4.34. The molecule has 0 bridgehead atoms. The maximum absolute atomic E-state index is 11.9. The van der Waals surface area contributed by atoms with E-state index < -0.39 is 5.91 Å². The molecule has 0 radical (unpaired) electrons. The fourth-order valence-electron chi connectivity index (χ4n) is 1.54. The van der Waals surface area contributed by atoms with Crippen molar-refractivity contribution in [3.05, 3.63) is 34.9 Å². The van der Waals surface area contributed by atoms with E-state index >= 15 is 0 Å². The van der Waals surface area contributed by atoms with Crippen molar-refractivity contribution in [1.82, 2.24) is 15.2 Å². The molecule has 1 aromatic carbocycles. The minimum atomic E-state index is -0.396. The molecule has 20 heavy (non-hydrogen) atoms. The number of nitrogens with zero attached hydrogens (tertiary/aromatic N) is 2. The van der Waals surface area contributed by atoms with Gasteiger partial charge in [0.05, 0.1) is 11.6 Å². The summed E-state index contributed by atoms with van der Waals surface area (Å²) >= 11 is 6.08. The van der Waals surface area contributed by atoms with Crippen molar-refractivity contribution in [2.24, 2.45) is 0 Å². The largest absolute Gasteiger partial charge is 0.492 e. The molecule has 1 amide bonds. The second kappa shape index (κ2) is 6.38. The van der Waals surface area contributed by atoms with Gasteiger partial charge >= 0.3 is 0 Å². The van der Waals surface area contributed by atoms with E-state index in [2.05, 4.69) is 20.5 Å². The summed E-state index contributed by atoms with van der Waals surface area (Å²) in [4.78, 5) is 15.8. The SMILES string of the molecule is CCCOc1ccc(NC(=O)c2n[nH]c(C)n2)cc1Cl. The van der Waals surface area contributed by atoms with Crippen LogP contribution in [0.25, 0.3) is 0 Å². The summed E-state index contributed by atoms with van der Waals surface area (Å²) in [5, 5.41) is 9.52. The van der Waals surface area contributed by atoms with E-state index in [1.165, 1.54) is 0 Å². The number of amides is 1. The summed E-state index contributed by atoms with van der Waals surface area (Å²) in [6.07, 6.45) is 0.902. The zero-order chi connectivity index (χ0) is 14.5. The van der Waals surface area contributed by atoms with Gasteiger partial charge in [0.1, 0.15) is 11.6 Å². The van der Waals surface area contributed by atoms with Gasteiger partial charge in [0, 0.05) is 5.69 Å². The minimum absolute atomic E-state index is 0.0879. The zero-order valence-corrected chi connectivity index (χ0v) is 12.0. The van der Waals surface area contributed by atoms with Crippen LogP contribution in [0.5, 0.6) is 5.75 Å². The number of H-pyrrole nitrogens is 1. The first-order chi connectivity index (χ1) is 9.60. The van der Waals surface area contributed by atoms with E-state index in [9.17, 15) is 4.79 Å². The molecule has 0 aliphatic heterocycles. The highest BCUT2D eigenvalue weighted by atomic mass is 35.5. The molecular formula is C13H15ClN4O2. The molecule has 0 atom stereocenters. The number of rotatable bonds is 5. The maximum atomic E-state index is 11.9. The van der Waals surface area contributed by atoms with E-state index in [1.54, 1.807) is 25.1 Å². The zero-order valence-electron chi connectivity index (χ0n) is 11.2. The lowest BCUT2D eigenvalue weighted by Crippen LogP contribution is -2.13. The van der Waals surface area contributed by atoms with Gasteiger partial charge in [-0.05, 0) is 31.5 Å². The highest BCUT2D eigenvalue weighted by Crippen LogP contribution is 2.27. The van der Waals surface area contributed by atoms with E-state index in [4.69, 9.17) is 16.3 Å². The van der Waals surface area contributed by atoms with Gasteiger partial charge in [-0.2, -0.15) is 0 Å². The van der Waals surface area contributed by atoms with Crippen LogP contribution in [0.2, 0.25) is 5.02 Å². The van der Waals surface area contributed by atoms with Crippen LogP contribution in [-0.4, -0.2) is 27.7 Å². The Morgan fingerprint density at radius 1 is 1.50 bits per heavy atom. The lowest BCUT2D eigenvalue weighted by atomic mass is 10.3. The average Bonchev–Trinajstić information content (AvgIpc) is 2.85. The Morgan fingerprint density at radius 3 is 2.90 bits per heavy atom. The number of nitrogens with one attached hydrogen (secondary N) is 2. The molecule has 6 nitrogen and oxygen atoms in total. The van der Waals surface area contributed by atoms with E-state index in [1.807, 2.05) is 6.92 Å². The Bertz CT molecular complexity index is 612. The predicted molar refractivity (Wildman–Crippen MR) is 76.3 cm³/mol. The van der Waals surface area contributed by atoms with E-state index in [0.717, 1.165) is 6.42 Å². The quantitative estimate of drug-likeness (QED) is 0.888. The van der Waals surface area contributed by atoms with E-state index in [-0.39, 0.29) is 5.82 Å². The van der Waals surface area contributed by atoms with Crippen molar-refractivity contribution in [2.75, 3.05) is 11.9 Å². The van der Waals surface area contributed by atoms with Crippen molar-refractivity contribution in [1.29, 1.82) is 0 Å².